The van der Waals surface area contributed by atoms with Gasteiger partial charge in [-0.3, -0.25) is 0 Å². The summed E-state index contributed by atoms with van der Waals surface area (Å²) in [6, 6.07) is 20.7. The fourth-order valence-corrected chi connectivity index (χ4v) is 3.05. The molecule has 1 nitrogen and oxygen atoms in total. The van der Waals surface area contributed by atoms with Gasteiger partial charge in [-0.25, -0.2) is 0 Å². The molecule has 21 heavy (non-hydrogen) atoms. The number of halogens is 1. The minimum absolute atomic E-state index is 0.231. The van der Waals surface area contributed by atoms with Gasteiger partial charge in [0, 0.05) is 5.56 Å². The van der Waals surface area contributed by atoms with E-state index in [2.05, 4.69) is 43.3 Å². The third-order valence-electron chi connectivity index (χ3n) is 3.75. The SMILES string of the molecule is COc1ccc(C)cc1C(Cl)c1cccc2ccccc12. The van der Waals surface area contributed by atoms with Gasteiger partial charge in [-0.05, 0) is 29.3 Å². The van der Waals surface area contributed by atoms with Gasteiger partial charge in [-0.2, -0.15) is 0 Å². The van der Waals surface area contributed by atoms with Crippen molar-refractivity contribution in [3.8, 4) is 5.75 Å². The Balaban J connectivity index is 2.17. The monoisotopic (exact) mass is 296 g/mol. The summed E-state index contributed by atoms with van der Waals surface area (Å²) in [4.78, 5) is 0. The molecule has 0 aliphatic carbocycles. The molecule has 0 amide bonds. The Kier molecular flexibility index (Phi) is 3.85. The van der Waals surface area contributed by atoms with Crippen LogP contribution in [0.2, 0.25) is 0 Å². The van der Waals surface area contributed by atoms with Crippen LogP contribution in [0.4, 0.5) is 0 Å². The predicted molar refractivity (Wildman–Crippen MR) is 89.4 cm³/mol. The number of ether oxygens (including phenoxy) is 1. The second-order valence-electron chi connectivity index (χ2n) is 5.18. The normalized spacial score (nSPS) is 12.3. The molecule has 2 heteroatoms. The third-order valence-corrected chi connectivity index (χ3v) is 4.22. The molecule has 3 aromatic carbocycles. The molecular formula is C19H17ClO. The van der Waals surface area contributed by atoms with Gasteiger partial charge in [0.05, 0.1) is 12.5 Å². The molecule has 3 rings (SSSR count). The summed E-state index contributed by atoms with van der Waals surface area (Å²) >= 11 is 6.79. The number of rotatable bonds is 3. The smallest absolute Gasteiger partial charge is 0.123 e. The fraction of sp³-hybridized carbons (Fsp3) is 0.158. The Morgan fingerprint density at radius 3 is 2.48 bits per heavy atom. The fourth-order valence-electron chi connectivity index (χ4n) is 2.69. The van der Waals surface area contributed by atoms with Gasteiger partial charge in [-0.1, -0.05) is 60.2 Å². The van der Waals surface area contributed by atoms with Crippen LogP contribution in [0.3, 0.4) is 0 Å². The number of fused-ring (bicyclic) bond motifs is 1. The van der Waals surface area contributed by atoms with E-state index in [4.69, 9.17) is 16.3 Å². The predicted octanol–water partition coefficient (Wildman–Crippen LogP) is 5.49. The highest BCUT2D eigenvalue weighted by atomic mass is 35.5. The Hall–Kier alpha value is -1.99. The second-order valence-corrected chi connectivity index (χ2v) is 5.61. The average Bonchev–Trinajstić information content (AvgIpc) is 2.53. The molecule has 0 fully saturated rings. The first-order valence-corrected chi connectivity index (χ1v) is 7.40. The molecule has 0 saturated heterocycles. The Morgan fingerprint density at radius 1 is 0.905 bits per heavy atom. The number of aryl methyl sites for hydroxylation is 1. The van der Waals surface area contributed by atoms with Crippen LogP contribution in [0.5, 0.6) is 5.75 Å². The molecule has 0 bridgehead atoms. The van der Waals surface area contributed by atoms with E-state index >= 15 is 0 Å². The maximum Gasteiger partial charge on any atom is 0.123 e. The molecule has 1 atom stereocenters. The van der Waals surface area contributed by atoms with Gasteiger partial charge in [0.2, 0.25) is 0 Å². The van der Waals surface area contributed by atoms with Crippen molar-refractivity contribution in [2.24, 2.45) is 0 Å². The second kappa shape index (κ2) is 5.79. The number of alkyl halides is 1. The zero-order chi connectivity index (χ0) is 14.8. The molecule has 0 aliphatic heterocycles. The molecular weight excluding hydrogens is 280 g/mol. The molecule has 0 N–H and O–H groups in total. The largest absolute Gasteiger partial charge is 0.496 e. The van der Waals surface area contributed by atoms with Gasteiger partial charge in [0.1, 0.15) is 5.75 Å². The highest BCUT2D eigenvalue weighted by Gasteiger charge is 2.17. The first-order chi connectivity index (χ1) is 10.2. The van der Waals surface area contributed by atoms with E-state index in [0.29, 0.717) is 0 Å². The van der Waals surface area contributed by atoms with Gasteiger partial charge in [-0.15, -0.1) is 11.6 Å². The van der Waals surface area contributed by atoms with Crippen LogP contribution < -0.4 is 4.74 Å². The number of benzene rings is 3. The maximum atomic E-state index is 6.79. The van der Waals surface area contributed by atoms with E-state index in [1.165, 1.54) is 16.3 Å². The zero-order valence-electron chi connectivity index (χ0n) is 12.1. The van der Waals surface area contributed by atoms with Gasteiger partial charge < -0.3 is 4.74 Å². The van der Waals surface area contributed by atoms with E-state index in [1.807, 2.05) is 24.3 Å². The Labute approximate surface area is 130 Å². The molecule has 3 aromatic rings. The number of methoxy groups -OCH3 is 1. The molecule has 1 unspecified atom stereocenters. The van der Waals surface area contributed by atoms with Crippen molar-refractivity contribution in [3.63, 3.8) is 0 Å². The topological polar surface area (TPSA) is 9.23 Å². The molecule has 0 aliphatic rings. The molecule has 0 heterocycles. The summed E-state index contributed by atoms with van der Waals surface area (Å²) in [5.41, 5.74) is 3.30. The number of hydrogen-bond acceptors (Lipinski definition) is 1. The lowest BCUT2D eigenvalue weighted by Crippen LogP contribution is -1.99. The minimum Gasteiger partial charge on any atom is -0.496 e. The molecule has 0 spiro atoms. The summed E-state index contributed by atoms with van der Waals surface area (Å²) < 4.78 is 5.47. The first kappa shape index (κ1) is 14.0. The Morgan fingerprint density at radius 2 is 1.67 bits per heavy atom. The van der Waals surface area contributed by atoms with Gasteiger partial charge in [0.25, 0.3) is 0 Å². The first-order valence-electron chi connectivity index (χ1n) is 6.97. The summed E-state index contributed by atoms with van der Waals surface area (Å²) in [7, 11) is 1.68. The quantitative estimate of drug-likeness (QED) is 0.581. The lowest BCUT2D eigenvalue weighted by molar-refractivity contribution is 0.410. The van der Waals surface area contributed by atoms with Crippen molar-refractivity contribution in [1.82, 2.24) is 0 Å². The van der Waals surface area contributed by atoms with Crippen LogP contribution in [0.15, 0.2) is 60.7 Å². The summed E-state index contributed by atoms with van der Waals surface area (Å²) in [6.07, 6.45) is 0. The average molecular weight is 297 g/mol. The zero-order valence-corrected chi connectivity index (χ0v) is 12.9. The van der Waals surface area contributed by atoms with E-state index < -0.39 is 0 Å². The minimum atomic E-state index is -0.231. The summed E-state index contributed by atoms with van der Waals surface area (Å²) in [5, 5.41) is 2.15. The van der Waals surface area contributed by atoms with Crippen molar-refractivity contribution < 1.29 is 4.74 Å². The van der Waals surface area contributed by atoms with Crippen LogP contribution in [0.1, 0.15) is 22.1 Å². The van der Waals surface area contributed by atoms with E-state index in [1.54, 1.807) is 7.11 Å². The maximum absolute atomic E-state index is 6.79. The Bertz CT molecular complexity index is 774. The van der Waals surface area contributed by atoms with Crippen LogP contribution in [0, 0.1) is 6.92 Å². The van der Waals surface area contributed by atoms with E-state index in [0.717, 1.165) is 16.9 Å². The highest BCUT2D eigenvalue weighted by molar-refractivity contribution is 6.23. The van der Waals surface area contributed by atoms with Gasteiger partial charge >= 0.3 is 0 Å². The molecule has 0 aromatic heterocycles. The van der Waals surface area contributed by atoms with Crippen molar-refractivity contribution in [2.45, 2.75) is 12.3 Å². The highest BCUT2D eigenvalue weighted by Crippen LogP contribution is 2.38. The van der Waals surface area contributed by atoms with Crippen molar-refractivity contribution in [3.05, 3.63) is 77.4 Å². The molecule has 0 radical (unpaired) electrons. The van der Waals surface area contributed by atoms with E-state index in [-0.39, 0.29) is 5.38 Å². The van der Waals surface area contributed by atoms with Crippen molar-refractivity contribution >= 4 is 22.4 Å². The van der Waals surface area contributed by atoms with Crippen molar-refractivity contribution in [2.75, 3.05) is 7.11 Å². The van der Waals surface area contributed by atoms with Crippen LogP contribution in [-0.4, -0.2) is 7.11 Å². The summed E-state index contributed by atoms with van der Waals surface area (Å²) in [6.45, 7) is 2.07. The number of hydrogen-bond donors (Lipinski definition) is 0. The van der Waals surface area contributed by atoms with Crippen molar-refractivity contribution in [1.29, 1.82) is 0 Å². The standard InChI is InChI=1S/C19H17ClO/c1-13-10-11-18(21-2)17(12-13)19(20)16-9-5-7-14-6-3-4-8-15(14)16/h3-12,19H,1-2H3. The lowest BCUT2D eigenvalue weighted by Gasteiger charge is -2.17. The molecule has 106 valence electrons. The van der Waals surface area contributed by atoms with Crippen LogP contribution in [0.25, 0.3) is 10.8 Å². The van der Waals surface area contributed by atoms with Crippen LogP contribution in [-0.2, 0) is 0 Å². The third kappa shape index (κ3) is 2.62. The molecule has 0 saturated carbocycles. The van der Waals surface area contributed by atoms with Crippen LogP contribution >= 0.6 is 11.6 Å². The van der Waals surface area contributed by atoms with E-state index in [9.17, 15) is 0 Å². The lowest BCUT2D eigenvalue weighted by atomic mass is 9.96. The summed E-state index contributed by atoms with van der Waals surface area (Å²) in [5.74, 6) is 0.827. The van der Waals surface area contributed by atoms with Gasteiger partial charge in [0.15, 0.2) is 0 Å².